The lowest BCUT2D eigenvalue weighted by atomic mass is 10.2. The smallest absolute Gasteiger partial charge is 0.292 e. The number of oxime groups is 1. The minimum absolute atomic E-state index is 0.263. The van der Waals surface area contributed by atoms with E-state index in [2.05, 4.69) is 5.16 Å². The Balaban J connectivity index is 2.41. The standard InChI is InChI=1S/C13H15N2O2/c1-13(2,3)17-14-12-8-10-6-4-5-7-11(10)9-15(12)16/h4-9H,1-3H3/q+1. The van der Waals surface area contributed by atoms with Gasteiger partial charge in [-0.1, -0.05) is 29.2 Å². The van der Waals surface area contributed by atoms with Gasteiger partial charge in [0.15, 0.2) is 17.0 Å². The summed E-state index contributed by atoms with van der Waals surface area (Å²) in [6.07, 6.45) is 3.22. The third kappa shape index (κ3) is 2.78. The van der Waals surface area contributed by atoms with Gasteiger partial charge >= 0.3 is 5.84 Å². The average Bonchev–Trinajstić information content (AvgIpc) is 2.25. The van der Waals surface area contributed by atoms with Crippen molar-refractivity contribution in [2.75, 3.05) is 0 Å². The Bertz CT molecular complexity index is 595. The second-order valence-corrected chi connectivity index (χ2v) is 4.88. The van der Waals surface area contributed by atoms with Gasteiger partial charge in [0.2, 0.25) is 0 Å². The first kappa shape index (κ1) is 11.5. The van der Waals surface area contributed by atoms with Gasteiger partial charge < -0.3 is 0 Å². The van der Waals surface area contributed by atoms with Crippen LogP contribution in [0.25, 0.3) is 12.3 Å². The molecule has 17 heavy (non-hydrogen) atoms. The number of hydrogen-bond donors (Lipinski definition) is 0. The molecule has 0 radical (unpaired) electrons. The summed E-state index contributed by atoms with van der Waals surface area (Å²) in [5.41, 5.74) is -0.404. The number of hydrogen-bond acceptors (Lipinski definition) is 3. The van der Waals surface area contributed by atoms with Gasteiger partial charge in [0.25, 0.3) is 0 Å². The molecule has 0 bridgehead atoms. The molecule has 1 aliphatic heterocycles. The van der Waals surface area contributed by atoms with Crippen molar-refractivity contribution in [2.24, 2.45) is 5.16 Å². The SMILES string of the molecule is CC(C)(C)ON=C1C=c2ccccc2=C[N+]1=O. The zero-order valence-corrected chi connectivity index (χ0v) is 10.2. The first-order valence-corrected chi connectivity index (χ1v) is 5.47. The van der Waals surface area contributed by atoms with Crippen LogP contribution in [0.2, 0.25) is 0 Å². The Morgan fingerprint density at radius 2 is 1.82 bits per heavy atom. The summed E-state index contributed by atoms with van der Waals surface area (Å²) in [5.74, 6) is 0.263. The molecule has 0 saturated carbocycles. The van der Waals surface area contributed by atoms with Crippen LogP contribution in [0.4, 0.5) is 0 Å². The Hall–Kier alpha value is -1.97. The van der Waals surface area contributed by atoms with Crippen molar-refractivity contribution in [3.05, 3.63) is 39.6 Å². The van der Waals surface area contributed by atoms with Crippen LogP contribution in [0.5, 0.6) is 0 Å². The first-order valence-electron chi connectivity index (χ1n) is 5.47. The molecule has 0 spiro atoms. The van der Waals surface area contributed by atoms with Gasteiger partial charge in [-0.3, -0.25) is 4.84 Å². The van der Waals surface area contributed by atoms with Crippen LogP contribution in [0, 0.1) is 4.91 Å². The maximum absolute atomic E-state index is 11.7. The van der Waals surface area contributed by atoms with Crippen molar-refractivity contribution in [1.29, 1.82) is 0 Å². The van der Waals surface area contributed by atoms with Gasteiger partial charge in [-0.15, -0.1) is 0 Å². The number of amidine groups is 1. The summed E-state index contributed by atoms with van der Waals surface area (Å²) in [6, 6.07) is 7.64. The van der Waals surface area contributed by atoms with Crippen molar-refractivity contribution < 1.29 is 9.60 Å². The molecule has 4 nitrogen and oxygen atoms in total. The lowest BCUT2D eigenvalue weighted by Gasteiger charge is -2.09. The molecule has 0 aliphatic carbocycles. The fraction of sp³-hybridized carbons (Fsp3) is 0.308. The van der Waals surface area contributed by atoms with E-state index in [1.54, 1.807) is 6.08 Å². The van der Waals surface area contributed by atoms with E-state index in [9.17, 15) is 4.91 Å². The fourth-order valence-corrected chi connectivity index (χ4v) is 1.41. The van der Waals surface area contributed by atoms with Gasteiger partial charge in [-0.2, -0.15) is 0 Å². The number of nitrogens with zero attached hydrogens (tertiary/aromatic N) is 2. The minimum atomic E-state index is -0.404. The highest BCUT2D eigenvalue weighted by molar-refractivity contribution is 6.03. The highest BCUT2D eigenvalue weighted by atomic mass is 16.6. The van der Waals surface area contributed by atoms with E-state index >= 15 is 0 Å². The van der Waals surface area contributed by atoms with Crippen LogP contribution in [0.1, 0.15) is 20.8 Å². The molecule has 0 amide bonds. The van der Waals surface area contributed by atoms with E-state index in [1.165, 1.54) is 6.20 Å². The van der Waals surface area contributed by atoms with Crippen molar-refractivity contribution in [3.63, 3.8) is 0 Å². The van der Waals surface area contributed by atoms with Crippen molar-refractivity contribution >= 4 is 18.1 Å². The maximum atomic E-state index is 11.7. The molecule has 1 aromatic carbocycles. The van der Waals surface area contributed by atoms with Crippen molar-refractivity contribution in [1.82, 2.24) is 0 Å². The summed E-state index contributed by atoms with van der Waals surface area (Å²) in [7, 11) is 0. The molecule has 88 valence electrons. The highest BCUT2D eigenvalue weighted by Gasteiger charge is 2.22. The lowest BCUT2D eigenvalue weighted by molar-refractivity contribution is -0.310. The molecular formula is C13H15N2O2+. The zero-order valence-electron chi connectivity index (χ0n) is 10.2. The molecule has 0 aromatic heterocycles. The van der Waals surface area contributed by atoms with E-state index in [0.717, 1.165) is 10.4 Å². The second kappa shape index (κ2) is 4.13. The normalized spacial score (nSPS) is 17.1. The summed E-state index contributed by atoms with van der Waals surface area (Å²) >= 11 is 0. The molecule has 2 rings (SSSR count). The molecule has 4 heteroatoms. The molecule has 0 unspecified atom stereocenters. The molecule has 0 saturated heterocycles. The van der Waals surface area contributed by atoms with E-state index in [0.29, 0.717) is 4.76 Å². The zero-order chi connectivity index (χ0) is 12.5. The third-order valence-electron chi connectivity index (χ3n) is 2.18. The Morgan fingerprint density at radius 1 is 1.18 bits per heavy atom. The second-order valence-electron chi connectivity index (χ2n) is 4.88. The van der Waals surface area contributed by atoms with Crippen LogP contribution < -0.4 is 10.4 Å². The van der Waals surface area contributed by atoms with E-state index in [-0.39, 0.29) is 5.84 Å². The quantitative estimate of drug-likeness (QED) is 0.537. The summed E-state index contributed by atoms with van der Waals surface area (Å²) < 4.78 is 0.716. The number of fused-ring (bicyclic) bond motifs is 1. The topological polar surface area (TPSA) is 41.7 Å². The summed E-state index contributed by atoms with van der Waals surface area (Å²) in [6.45, 7) is 5.64. The number of nitroso groups, excluding NO2 is 1. The van der Waals surface area contributed by atoms with Gasteiger partial charge in [0.05, 0.1) is 0 Å². The summed E-state index contributed by atoms with van der Waals surface area (Å²) in [5, 5.41) is 5.73. The van der Waals surface area contributed by atoms with Gasteiger partial charge in [-0.25, -0.2) is 0 Å². The van der Waals surface area contributed by atoms with E-state index in [1.807, 2.05) is 45.0 Å². The van der Waals surface area contributed by atoms with Crippen LogP contribution in [0.15, 0.2) is 29.4 Å². The molecule has 1 aliphatic rings. The molecule has 0 fully saturated rings. The summed E-state index contributed by atoms with van der Waals surface area (Å²) in [4.78, 5) is 16.9. The predicted molar refractivity (Wildman–Crippen MR) is 66.5 cm³/mol. The number of benzene rings is 1. The molecular weight excluding hydrogens is 216 g/mol. The average molecular weight is 231 g/mol. The largest absolute Gasteiger partial charge is 0.412 e. The highest BCUT2D eigenvalue weighted by Crippen LogP contribution is 2.07. The molecule has 0 atom stereocenters. The minimum Gasteiger partial charge on any atom is -0.292 e. The predicted octanol–water partition coefficient (Wildman–Crippen LogP) is 1.13. The molecule has 0 N–H and O–H groups in total. The Kier molecular flexibility index (Phi) is 2.79. The maximum Gasteiger partial charge on any atom is 0.412 e. The molecule has 1 aromatic rings. The van der Waals surface area contributed by atoms with E-state index < -0.39 is 5.60 Å². The van der Waals surface area contributed by atoms with Crippen LogP contribution in [-0.4, -0.2) is 16.2 Å². The van der Waals surface area contributed by atoms with Gasteiger partial charge in [0.1, 0.15) is 0 Å². The van der Waals surface area contributed by atoms with Crippen LogP contribution in [-0.2, 0) is 4.84 Å². The van der Waals surface area contributed by atoms with Gasteiger partial charge in [0, 0.05) is 16.1 Å². The van der Waals surface area contributed by atoms with Gasteiger partial charge in [-0.05, 0) is 26.0 Å². The lowest BCUT2D eigenvalue weighted by Crippen LogP contribution is -2.33. The Morgan fingerprint density at radius 3 is 2.47 bits per heavy atom. The van der Waals surface area contributed by atoms with Crippen LogP contribution in [0.3, 0.4) is 0 Å². The fourth-order valence-electron chi connectivity index (χ4n) is 1.41. The van der Waals surface area contributed by atoms with Crippen molar-refractivity contribution in [2.45, 2.75) is 26.4 Å². The number of rotatable bonds is 1. The monoisotopic (exact) mass is 231 g/mol. The first-order chi connectivity index (χ1) is 7.96. The van der Waals surface area contributed by atoms with Crippen molar-refractivity contribution in [3.8, 4) is 0 Å². The van der Waals surface area contributed by atoms with E-state index in [4.69, 9.17) is 4.84 Å². The third-order valence-corrected chi connectivity index (χ3v) is 2.18. The molecule has 1 heterocycles. The Labute approximate surface area is 99.5 Å². The van der Waals surface area contributed by atoms with Crippen LogP contribution >= 0.6 is 0 Å².